The minimum absolute atomic E-state index is 0.970. The van der Waals surface area contributed by atoms with E-state index in [9.17, 15) is 0 Å². The Labute approximate surface area is 84.5 Å². The summed E-state index contributed by atoms with van der Waals surface area (Å²) < 4.78 is 0. The van der Waals surface area contributed by atoms with Crippen LogP contribution >= 0.6 is 0 Å². The summed E-state index contributed by atoms with van der Waals surface area (Å²) in [5.41, 5.74) is 2.27. The molecule has 2 heterocycles. The van der Waals surface area contributed by atoms with E-state index in [0.717, 1.165) is 31.0 Å². The molecule has 3 heteroatoms. The average molecular weight is 189 g/mol. The van der Waals surface area contributed by atoms with Gasteiger partial charge in [-0.25, -0.2) is 9.97 Å². The zero-order valence-corrected chi connectivity index (χ0v) is 8.70. The summed E-state index contributed by atoms with van der Waals surface area (Å²) in [6, 6.07) is 0. The van der Waals surface area contributed by atoms with Crippen molar-refractivity contribution >= 4 is 5.82 Å². The second-order valence-corrected chi connectivity index (χ2v) is 3.61. The molecule has 0 saturated carbocycles. The van der Waals surface area contributed by atoms with Gasteiger partial charge in [-0.3, -0.25) is 0 Å². The third kappa shape index (κ3) is 1.62. The SMILES string of the molecule is Cc1ncnc(N2CC=CCC2)c1C. The van der Waals surface area contributed by atoms with Crippen LogP contribution < -0.4 is 4.90 Å². The van der Waals surface area contributed by atoms with Crippen LogP contribution in [-0.2, 0) is 0 Å². The molecule has 0 N–H and O–H groups in total. The van der Waals surface area contributed by atoms with Gasteiger partial charge in [0, 0.05) is 24.3 Å². The third-order valence-corrected chi connectivity index (χ3v) is 2.67. The molecule has 0 spiro atoms. The minimum atomic E-state index is 0.970. The zero-order valence-electron chi connectivity index (χ0n) is 8.70. The summed E-state index contributed by atoms with van der Waals surface area (Å²) in [6.45, 7) is 6.15. The first-order valence-corrected chi connectivity index (χ1v) is 4.97. The van der Waals surface area contributed by atoms with Crippen LogP contribution in [0.1, 0.15) is 17.7 Å². The van der Waals surface area contributed by atoms with E-state index in [4.69, 9.17) is 0 Å². The van der Waals surface area contributed by atoms with Crippen LogP contribution in [0, 0.1) is 13.8 Å². The third-order valence-electron chi connectivity index (χ3n) is 2.67. The first-order valence-electron chi connectivity index (χ1n) is 4.97. The molecule has 14 heavy (non-hydrogen) atoms. The Bertz CT molecular complexity index is 358. The lowest BCUT2D eigenvalue weighted by molar-refractivity contribution is 0.795. The highest BCUT2D eigenvalue weighted by atomic mass is 15.2. The van der Waals surface area contributed by atoms with Gasteiger partial charge in [-0.2, -0.15) is 0 Å². The molecule has 0 unspecified atom stereocenters. The lowest BCUT2D eigenvalue weighted by Gasteiger charge is -2.26. The van der Waals surface area contributed by atoms with Crippen LogP contribution in [0.5, 0.6) is 0 Å². The van der Waals surface area contributed by atoms with Crippen LogP contribution in [0.25, 0.3) is 0 Å². The first kappa shape index (κ1) is 9.19. The van der Waals surface area contributed by atoms with Gasteiger partial charge in [-0.05, 0) is 20.3 Å². The Morgan fingerprint density at radius 1 is 1.21 bits per heavy atom. The van der Waals surface area contributed by atoms with Gasteiger partial charge in [-0.1, -0.05) is 12.2 Å². The highest BCUT2D eigenvalue weighted by Crippen LogP contribution is 2.19. The van der Waals surface area contributed by atoms with Crippen LogP contribution in [-0.4, -0.2) is 23.1 Å². The van der Waals surface area contributed by atoms with Crippen LogP contribution in [0.15, 0.2) is 18.5 Å². The van der Waals surface area contributed by atoms with Gasteiger partial charge in [-0.15, -0.1) is 0 Å². The molecule has 0 fully saturated rings. The van der Waals surface area contributed by atoms with E-state index in [1.54, 1.807) is 6.33 Å². The molecule has 1 aromatic rings. The molecule has 0 atom stereocenters. The van der Waals surface area contributed by atoms with E-state index >= 15 is 0 Å². The number of aryl methyl sites for hydroxylation is 1. The fraction of sp³-hybridized carbons (Fsp3) is 0.455. The summed E-state index contributed by atoms with van der Waals surface area (Å²) >= 11 is 0. The van der Waals surface area contributed by atoms with Crippen molar-refractivity contribution in [3.63, 3.8) is 0 Å². The Hall–Kier alpha value is -1.38. The summed E-state index contributed by atoms with van der Waals surface area (Å²) in [6.07, 6.45) is 7.18. The number of anilines is 1. The van der Waals surface area contributed by atoms with Crippen molar-refractivity contribution in [1.29, 1.82) is 0 Å². The normalized spacial score (nSPS) is 16.0. The highest BCUT2D eigenvalue weighted by molar-refractivity contribution is 5.48. The Kier molecular flexibility index (Phi) is 2.48. The second kappa shape index (κ2) is 3.78. The first-order chi connectivity index (χ1) is 6.79. The molecule has 0 radical (unpaired) electrons. The summed E-state index contributed by atoms with van der Waals surface area (Å²) in [4.78, 5) is 10.8. The van der Waals surface area contributed by atoms with Gasteiger partial charge in [0.2, 0.25) is 0 Å². The quantitative estimate of drug-likeness (QED) is 0.631. The molecular formula is C11H15N3. The Morgan fingerprint density at radius 2 is 2.07 bits per heavy atom. The number of hydrogen-bond acceptors (Lipinski definition) is 3. The predicted octanol–water partition coefficient (Wildman–Crippen LogP) is 1.86. The van der Waals surface area contributed by atoms with Crippen molar-refractivity contribution in [2.75, 3.05) is 18.0 Å². The van der Waals surface area contributed by atoms with Crippen molar-refractivity contribution in [2.45, 2.75) is 20.3 Å². The molecule has 2 rings (SSSR count). The van der Waals surface area contributed by atoms with Gasteiger partial charge in [0.05, 0.1) is 0 Å². The molecule has 74 valence electrons. The van der Waals surface area contributed by atoms with Gasteiger partial charge < -0.3 is 4.90 Å². The Balaban J connectivity index is 2.31. The standard InChI is InChI=1S/C11H15N3/c1-9-10(2)12-8-13-11(9)14-6-4-3-5-7-14/h3-4,8H,5-7H2,1-2H3. The van der Waals surface area contributed by atoms with Crippen molar-refractivity contribution in [2.24, 2.45) is 0 Å². The average Bonchev–Trinajstić information content (AvgIpc) is 2.23. The molecular weight excluding hydrogens is 174 g/mol. The predicted molar refractivity (Wildman–Crippen MR) is 57.5 cm³/mol. The number of rotatable bonds is 1. The molecule has 0 aliphatic carbocycles. The van der Waals surface area contributed by atoms with Crippen molar-refractivity contribution in [3.05, 3.63) is 29.7 Å². The number of hydrogen-bond donors (Lipinski definition) is 0. The van der Waals surface area contributed by atoms with Crippen LogP contribution in [0.4, 0.5) is 5.82 Å². The maximum Gasteiger partial charge on any atom is 0.135 e. The summed E-state index contributed by atoms with van der Waals surface area (Å²) in [5.74, 6) is 1.09. The molecule has 3 nitrogen and oxygen atoms in total. The smallest absolute Gasteiger partial charge is 0.135 e. The van der Waals surface area contributed by atoms with Gasteiger partial charge in [0.1, 0.15) is 12.1 Å². The molecule has 1 aromatic heterocycles. The van der Waals surface area contributed by atoms with E-state index in [1.165, 1.54) is 5.56 Å². The number of aromatic nitrogens is 2. The monoisotopic (exact) mass is 189 g/mol. The zero-order chi connectivity index (χ0) is 9.97. The lowest BCUT2D eigenvalue weighted by Crippen LogP contribution is -2.28. The molecule has 0 saturated heterocycles. The van der Waals surface area contributed by atoms with Crippen LogP contribution in [0.2, 0.25) is 0 Å². The van der Waals surface area contributed by atoms with E-state index in [2.05, 4.69) is 33.9 Å². The largest absolute Gasteiger partial charge is 0.352 e. The van der Waals surface area contributed by atoms with E-state index in [1.807, 2.05) is 6.92 Å². The van der Waals surface area contributed by atoms with Crippen molar-refractivity contribution < 1.29 is 0 Å². The molecule has 1 aliphatic heterocycles. The topological polar surface area (TPSA) is 29.0 Å². The molecule has 0 aromatic carbocycles. The highest BCUT2D eigenvalue weighted by Gasteiger charge is 2.12. The maximum absolute atomic E-state index is 4.34. The lowest BCUT2D eigenvalue weighted by atomic mass is 10.2. The second-order valence-electron chi connectivity index (χ2n) is 3.61. The fourth-order valence-corrected chi connectivity index (χ4v) is 1.68. The van der Waals surface area contributed by atoms with E-state index in [0.29, 0.717) is 0 Å². The molecule has 0 amide bonds. The van der Waals surface area contributed by atoms with Gasteiger partial charge >= 0.3 is 0 Å². The van der Waals surface area contributed by atoms with E-state index < -0.39 is 0 Å². The number of nitrogens with zero attached hydrogens (tertiary/aromatic N) is 3. The molecule has 1 aliphatic rings. The fourth-order valence-electron chi connectivity index (χ4n) is 1.68. The van der Waals surface area contributed by atoms with Crippen molar-refractivity contribution in [1.82, 2.24) is 9.97 Å². The van der Waals surface area contributed by atoms with Gasteiger partial charge in [0.25, 0.3) is 0 Å². The van der Waals surface area contributed by atoms with Crippen LogP contribution in [0.3, 0.4) is 0 Å². The maximum atomic E-state index is 4.34. The summed E-state index contributed by atoms with van der Waals surface area (Å²) in [5, 5.41) is 0. The Morgan fingerprint density at radius 3 is 2.79 bits per heavy atom. The van der Waals surface area contributed by atoms with Gasteiger partial charge in [0.15, 0.2) is 0 Å². The van der Waals surface area contributed by atoms with E-state index in [-0.39, 0.29) is 0 Å². The summed E-state index contributed by atoms with van der Waals surface area (Å²) in [7, 11) is 0. The molecule has 0 bridgehead atoms. The minimum Gasteiger partial charge on any atom is -0.352 e. The van der Waals surface area contributed by atoms with Crippen molar-refractivity contribution in [3.8, 4) is 0 Å².